The van der Waals surface area contributed by atoms with E-state index in [2.05, 4.69) is 0 Å². The number of carbonyl (C=O) groups is 1. The second-order valence-electron chi connectivity index (χ2n) is 2.21. The summed E-state index contributed by atoms with van der Waals surface area (Å²) in [7, 11) is 0. The number of ketones is 1. The van der Waals surface area contributed by atoms with Crippen molar-refractivity contribution in [1.82, 2.24) is 0 Å². The number of aliphatic hydroxyl groups excluding tert-OH is 1. The molecule has 0 radical (unpaired) electrons. The lowest BCUT2D eigenvalue weighted by Gasteiger charge is -2.22. The third kappa shape index (κ3) is 0.892. The van der Waals surface area contributed by atoms with Crippen LogP contribution in [0.25, 0.3) is 0 Å². The largest absolute Gasteiger partial charge is 0.396 e. The minimum atomic E-state index is 0.163. The van der Waals surface area contributed by atoms with Crippen molar-refractivity contribution in [3.05, 3.63) is 0 Å². The second kappa shape index (κ2) is 2.27. The Morgan fingerprint density at radius 2 is 2.50 bits per heavy atom. The average molecular weight is 114 g/mol. The molecule has 1 saturated carbocycles. The Kier molecular flexibility index (Phi) is 1.63. The standard InChI is InChI=1S/C6H10O2/c7-4-3-5-1-2-6(5)8/h5,7H,1-4H2. The van der Waals surface area contributed by atoms with E-state index in [1.54, 1.807) is 0 Å². The van der Waals surface area contributed by atoms with E-state index in [-0.39, 0.29) is 12.5 Å². The molecule has 0 aromatic carbocycles. The van der Waals surface area contributed by atoms with Crippen LogP contribution in [-0.4, -0.2) is 17.5 Å². The lowest BCUT2D eigenvalue weighted by Crippen LogP contribution is -2.26. The summed E-state index contributed by atoms with van der Waals surface area (Å²) in [6, 6.07) is 0. The molecule has 1 N–H and O–H groups in total. The third-order valence-electron chi connectivity index (χ3n) is 1.67. The van der Waals surface area contributed by atoms with E-state index in [1.165, 1.54) is 0 Å². The quantitative estimate of drug-likeness (QED) is 0.562. The molecule has 0 aromatic rings. The van der Waals surface area contributed by atoms with Gasteiger partial charge in [0.15, 0.2) is 0 Å². The Balaban J connectivity index is 2.17. The summed E-state index contributed by atoms with van der Waals surface area (Å²) < 4.78 is 0. The molecule has 2 heteroatoms. The SMILES string of the molecule is O=C1CCC1CCO. The Morgan fingerprint density at radius 3 is 2.62 bits per heavy atom. The molecular formula is C6H10O2. The van der Waals surface area contributed by atoms with Crippen LogP contribution >= 0.6 is 0 Å². The molecule has 0 saturated heterocycles. The molecule has 0 spiro atoms. The van der Waals surface area contributed by atoms with Gasteiger partial charge in [0.2, 0.25) is 0 Å². The smallest absolute Gasteiger partial charge is 0.136 e. The van der Waals surface area contributed by atoms with Gasteiger partial charge in [0.05, 0.1) is 0 Å². The van der Waals surface area contributed by atoms with Crippen molar-refractivity contribution in [2.75, 3.05) is 6.61 Å². The first-order valence-corrected chi connectivity index (χ1v) is 2.98. The summed E-state index contributed by atoms with van der Waals surface area (Å²) in [5, 5.41) is 8.37. The van der Waals surface area contributed by atoms with Gasteiger partial charge in [-0.1, -0.05) is 0 Å². The molecule has 1 fully saturated rings. The Hall–Kier alpha value is -0.370. The van der Waals surface area contributed by atoms with Crippen molar-refractivity contribution >= 4 is 5.78 Å². The summed E-state index contributed by atoms with van der Waals surface area (Å²) in [6.07, 6.45) is 2.42. The van der Waals surface area contributed by atoms with Gasteiger partial charge >= 0.3 is 0 Å². The minimum Gasteiger partial charge on any atom is -0.396 e. The van der Waals surface area contributed by atoms with Crippen LogP contribution in [0.3, 0.4) is 0 Å². The topological polar surface area (TPSA) is 37.3 Å². The molecule has 1 atom stereocenters. The molecule has 1 rings (SSSR count). The molecule has 8 heavy (non-hydrogen) atoms. The number of rotatable bonds is 2. The van der Waals surface area contributed by atoms with Crippen molar-refractivity contribution in [1.29, 1.82) is 0 Å². The van der Waals surface area contributed by atoms with Crippen molar-refractivity contribution in [3.63, 3.8) is 0 Å². The highest BCUT2D eigenvalue weighted by Gasteiger charge is 2.26. The number of Topliss-reactive ketones (excluding diaryl/α,β-unsaturated/α-hetero) is 1. The number of hydrogen-bond acceptors (Lipinski definition) is 2. The third-order valence-corrected chi connectivity index (χ3v) is 1.67. The van der Waals surface area contributed by atoms with Gasteiger partial charge in [-0.25, -0.2) is 0 Å². The van der Waals surface area contributed by atoms with E-state index >= 15 is 0 Å². The Morgan fingerprint density at radius 1 is 1.75 bits per heavy atom. The molecule has 0 bridgehead atoms. The molecule has 0 heterocycles. The average Bonchev–Trinajstić information content (AvgIpc) is 1.79. The summed E-state index contributed by atoms with van der Waals surface area (Å²) in [5.74, 6) is 0.541. The van der Waals surface area contributed by atoms with Crippen LogP contribution in [0.15, 0.2) is 0 Å². The lowest BCUT2D eigenvalue weighted by atomic mass is 9.82. The maximum absolute atomic E-state index is 10.5. The molecule has 1 aliphatic rings. The first kappa shape index (κ1) is 5.76. The molecule has 46 valence electrons. The van der Waals surface area contributed by atoms with E-state index in [9.17, 15) is 4.79 Å². The van der Waals surface area contributed by atoms with Gasteiger partial charge in [0.25, 0.3) is 0 Å². The fraction of sp³-hybridized carbons (Fsp3) is 0.833. The molecule has 0 aliphatic heterocycles. The molecule has 0 aromatic heterocycles. The normalized spacial score (nSPS) is 27.6. The van der Waals surface area contributed by atoms with E-state index in [1.807, 2.05) is 0 Å². The van der Waals surface area contributed by atoms with Crippen LogP contribution in [0, 0.1) is 5.92 Å². The fourth-order valence-corrected chi connectivity index (χ4v) is 0.927. The monoisotopic (exact) mass is 114 g/mol. The van der Waals surface area contributed by atoms with Gasteiger partial charge in [-0.3, -0.25) is 4.79 Å². The zero-order chi connectivity index (χ0) is 5.98. The van der Waals surface area contributed by atoms with Gasteiger partial charge in [-0.2, -0.15) is 0 Å². The van der Waals surface area contributed by atoms with Crippen molar-refractivity contribution < 1.29 is 9.90 Å². The number of hydrogen-bond donors (Lipinski definition) is 1. The predicted octanol–water partition coefficient (Wildman–Crippen LogP) is 0.348. The van der Waals surface area contributed by atoms with Crippen molar-refractivity contribution in [3.8, 4) is 0 Å². The summed E-state index contributed by atoms with van der Waals surface area (Å²) in [5.41, 5.74) is 0. The Labute approximate surface area is 48.5 Å². The lowest BCUT2D eigenvalue weighted by molar-refractivity contribution is -0.129. The molecular weight excluding hydrogens is 104 g/mol. The van der Waals surface area contributed by atoms with Crippen molar-refractivity contribution in [2.24, 2.45) is 5.92 Å². The van der Waals surface area contributed by atoms with Gasteiger partial charge in [-0.05, 0) is 12.8 Å². The minimum absolute atomic E-state index is 0.163. The van der Waals surface area contributed by atoms with E-state index in [4.69, 9.17) is 5.11 Å². The van der Waals surface area contributed by atoms with Crippen LogP contribution in [0.4, 0.5) is 0 Å². The predicted molar refractivity (Wildman–Crippen MR) is 29.4 cm³/mol. The first-order chi connectivity index (χ1) is 3.84. The summed E-state index contributed by atoms with van der Waals surface area (Å²) in [6.45, 7) is 0.163. The van der Waals surface area contributed by atoms with Crippen LogP contribution in [0.1, 0.15) is 19.3 Å². The zero-order valence-electron chi connectivity index (χ0n) is 4.76. The van der Waals surface area contributed by atoms with Crippen LogP contribution < -0.4 is 0 Å². The van der Waals surface area contributed by atoms with Crippen molar-refractivity contribution in [2.45, 2.75) is 19.3 Å². The Bertz CT molecular complexity index is 98.7. The van der Waals surface area contributed by atoms with Gasteiger partial charge < -0.3 is 5.11 Å². The van der Waals surface area contributed by atoms with E-state index in [0.717, 1.165) is 12.8 Å². The summed E-state index contributed by atoms with van der Waals surface area (Å²) in [4.78, 5) is 10.5. The molecule has 1 unspecified atom stereocenters. The number of carbonyl (C=O) groups excluding carboxylic acids is 1. The van der Waals surface area contributed by atoms with E-state index < -0.39 is 0 Å². The highest BCUT2D eigenvalue weighted by Crippen LogP contribution is 2.24. The molecule has 2 nitrogen and oxygen atoms in total. The number of aliphatic hydroxyl groups is 1. The molecule has 1 aliphatic carbocycles. The van der Waals surface area contributed by atoms with Crippen LogP contribution in [0.2, 0.25) is 0 Å². The zero-order valence-corrected chi connectivity index (χ0v) is 4.76. The first-order valence-electron chi connectivity index (χ1n) is 2.98. The maximum atomic E-state index is 10.5. The van der Waals surface area contributed by atoms with E-state index in [0.29, 0.717) is 12.2 Å². The maximum Gasteiger partial charge on any atom is 0.136 e. The van der Waals surface area contributed by atoms with Crippen LogP contribution in [0.5, 0.6) is 0 Å². The second-order valence-corrected chi connectivity index (χ2v) is 2.21. The van der Waals surface area contributed by atoms with Gasteiger partial charge in [-0.15, -0.1) is 0 Å². The fourth-order valence-electron chi connectivity index (χ4n) is 0.927. The van der Waals surface area contributed by atoms with Gasteiger partial charge in [0, 0.05) is 18.9 Å². The molecule has 0 amide bonds. The highest BCUT2D eigenvalue weighted by atomic mass is 16.3. The van der Waals surface area contributed by atoms with Gasteiger partial charge in [0.1, 0.15) is 5.78 Å². The highest BCUT2D eigenvalue weighted by molar-refractivity contribution is 5.86. The summed E-state index contributed by atoms with van der Waals surface area (Å²) >= 11 is 0. The van der Waals surface area contributed by atoms with Crippen LogP contribution in [-0.2, 0) is 4.79 Å².